The fourth-order valence-corrected chi connectivity index (χ4v) is 3.93. The fraction of sp³-hybridized carbons (Fsp3) is 0.211. The van der Waals surface area contributed by atoms with Crippen LogP contribution in [0.3, 0.4) is 0 Å². The molecule has 4 rings (SSSR count). The lowest BCUT2D eigenvalue weighted by Crippen LogP contribution is -2.18. The van der Waals surface area contributed by atoms with Crippen LogP contribution in [-0.2, 0) is 23.4 Å². The van der Waals surface area contributed by atoms with E-state index >= 15 is 0 Å². The van der Waals surface area contributed by atoms with Gasteiger partial charge in [-0.05, 0) is 44.4 Å². The van der Waals surface area contributed by atoms with Crippen molar-refractivity contribution in [3.8, 4) is 11.1 Å². The normalized spacial score (nSPS) is 13.5. The van der Waals surface area contributed by atoms with Crippen molar-refractivity contribution in [1.29, 1.82) is 0 Å². The van der Waals surface area contributed by atoms with Gasteiger partial charge in [-0.2, -0.15) is 0 Å². The van der Waals surface area contributed by atoms with E-state index in [4.69, 9.17) is 0 Å². The number of urea groups is 1. The summed E-state index contributed by atoms with van der Waals surface area (Å²) in [4.78, 5) is 28.7. The Morgan fingerprint density at radius 2 is 1.93 bits per heavy atom. The Kier molecular flexibility index (Phi) is 5.01. The summed E-state index contributed by atoms with van der Waals surface area (Å²) in [6, 6.07) is 2.43. The van der Waals surface area contributed by atoms with Crippen molar-refractivity contribution in [2.75, 3.05) is 5.32 Å². The highest BCUT2D eigenvalue weighted by molar-refractivity contribution is 7.75. The number of fused-ring (bicyclic) bond motifs is 1. The number of carbonyl (C=O) groups excluding carboxylic acids is 1. The smallest absolute Gasteiger partial charge is 0.305 e. The topological polar surface area (TPSA) is 110 Å². The maximum absolute atomic E-state index is 14.3. The van der Waals surface area contributed by atoms with E-state index < -0.39 is 22.4 Å². The Bertz CT molecular complexity index is 1200. The highest BCUT2D eigenvalue weighted by Gasteiger charge is 2.24. The predicted molar refractivity (Wildman–Crippen MR) is 106 cm³/mol. The van der Waals surface area contributed by atoms with Gasteiger partial charge in [0.1, 0.15) is 16.4 Å². The van der Waals surface area contributed by atoms with E-state index in [0.29, 0.717) is 29.1 Å². The summed E-state index contributed by atoms with van der Waals surface area (Å²) in [7, 11) is -2.47. The third-order valence-corrected chi connectivity index (χ3v) is 5.40. The minimum absolute atomic E-state index is 0.00390. The van der Waals surface area contributed by atoms with Crippen LogP contribution >= 0.6 is 0 Å². The van der Waals surface area contributed by atoms with Crippen molar-refractivity contribution in [2.24, 2.45) is 4.36 Å². The molecular weight excluding hydrogens is 395 g/mol. The van der Waals surface area contributed by atoms with Crippen LogP contribution < -0.4 is 5.32 Å². The van der Waals surface area contributed by atoms with E-state index in [-0.39, 0.29) is 10.7 Å². The van der Waals surface area contributed by atoms with Gasteiger partial charge < -0.3 is 5.32 Å². The van der Waals surface area contributed by atoms with Crippen LogP contribution in [0.1, 0.15) is 22.6 Å². The van der Waals surface area contributed by atoms with E-state index in [0.717, 1.165) is 23.9 Å². The molecule has 29 heavy (non-hydrogen) atoms. The molecule has 1 aliphatic carbocycles. The van der Waals surface area contributed by atoms with Crippen LogP contribution in [0.5, 0.6) is 0 Å². The highest BCUT2D eigenvalue weighted by Crippen LogP contribution is 2.37. The number of pyridine rings is 2. The number of nitrogens with zero attached hydrogens (tertiary/aromatic N) is 5. The molecule has 148 valence electrons. The van der Waals surface area contributed by atoms with E-state index in [2.05, 4.69) is 29.6 Å². The summed E-state index contributed by atoms with van der Waals surface area (Å²) in [6.45, 7) is 3.49. The summed E-state index contributed by atoms with van der Waals surface area (Å²) in [6.07, 6.45) is 5.55. The average molecular weight is 412 g/mol. The average Bonchev–Trinajstić information content (AvgIpc) is 2.63. The zero-order valence-electron chi connectivity index (χ0n) is 15.7. The zero-order valence-corrected chi connectivity index (χ0v) is 16.6. The first-order valence-electron chi connectivity index (χ1n) is 8.85. The number of nitrogens with one attached hydrogen (secondary N) is 1. The van der Waals surface area contributed by atoms with Gasteiger partial charge >= 0.3 is 6.03 Å². The van der Waals surface area contributed by atoms with Crippen LogP contribution in [-0.4, -0.2) is 30.2 Å². The van der Waals surface area contributed by atoms with Crippen LogP contribution in [0, 0.1) is 19.7 Å². The summed E-state index contributed by atoms with van der Waals surface area (Å²) in [5.41, 5.74) is 4.03. The number of aryl methyl sites for hydroxylation is 3. The van der Waals surface area contributed by atoms with E-state index in [1.807, 2.05) is 0 Å². The number of aromatic nitrogens is 4. The second-order valence-corrected chi connectivity index (χ2v) is 7.73. The Balaban J connectivity index is 1.69. The number of anilines is 1. The van der Waals surface area contributed by atoms with Crippen LogP contribution in [0.4, 0.5) is 14.9 Å². The first-order chi connectivity index (χ1) is 13.9. The van der Waals surface area contributed by atoms with Crippen LogP contribution in [0.25, 0.3) is 11.1 Å². The largest absolute Gasteiger partial charge is 0.353 e. The quantitative estimate of drug-likeness (QED) is 0.505. The molecular formula is C19H17FN6O2S. The Hall–Kier alpha value is -3.27. The van der Waals surface area contributed by atoms with Gasteiger partial charge in [-0.25, -0.2) is 23.4 Å². The lowest BCUT2D eigenvalue weighted by atomic mass is 9.89. The monoisotopic (exact) mass is 412 g/mol. The number of amides is 2. The molecule has 1 N–H and O–H groups in total. The minimum atomic E-state index is -2.47. The van der Waals surface area contributed by atoms with Gasteiger partial charge in [-0.3, -0.25) is 9.97 Å². The van der Waals surface area contributed by atoms with Gasteiger partial charge in [0.25, 0.3) is 0 Å². The first-order valence-corrected chi connectivity index (χ1v) is 10.1. The molecule has 0 bridgehead atoms. The fourth-order valence-electron chi connectivity index (χ4n) is 3.14. The molecule has 0 aliphatic heterocycles. The van der Waals surface area contributed by atoms with Crippen molar-refractivity contribution >= 4 is 22.3 Å². The summed E-state index contributed by atoms with van der Waals surface area (Å²) >= 11 is 0. The molecule has 0 saturated heterocycles. The third kappa shape index (κ3) is 3.83. The molecule has 1 unspecified atom stereocenters. The Morgan fingerprint density at radius 1 is 1.17 bits per heavy atom. The molecule has 8 nitrogen and oxygen atoms in total. The Labute approximate surface area is 167 Å². The molecule has 1 atom stereocenters. The van der Waals surface area contributed by atoms with Crippen LogP contribution in [0.15, 0.2) is 40.2 Å². The molecule has 0 spiro atoms. The van der Waals surface area contributed by atoms with E-state index in [9.17, 15) is 13.4 Å². The molecule has 0 radical (unpaired) electrons. The van der Waals surface area contributed by atoms with Gasteiger partial charge in [0.15, 0.2) is 0 Å². The molecule has 2 amide bonds. The second kappa shape index (κ2) is 7.63. The maximum Gasteiger partial charge on any atom is 0.353 e. The molecule has 10 heteroatoms. The van der Waals surface area contributed by atoms with Gasteiger partial charge in [-0.1, -0.05) is 0 Å². The predicted octanol–water partition coefficient (Wildman–Crippen LogP) is 3.04. The van der Waals surface area contributed by atoms with Crippen LogP contribution in [0.2, 0.25) is 0 Å². The van der Waals surface area contributed by atoms with Gasteiger partial charge in [0, 0.05) is 40.6 Å². The van der Waals surface area contributed by atoms with Gasteiger partial charge in [0.2, 0.25) is 5.16 Å². The summed E-state index contributed by atoms with van der Waals surface area (Å²) < 4.78 is 30.4. The number of hydrogen-bond donors (Lipinski definition) is 2. The maximum atomic E-state index is 14.3. The number of halogens is 1. The van der Waals surface area contributed by atoms with Crippen molar-refractivity contribution in [1.82, 2.24) is 19.9 Å². The molecule has 0 fully saturated rings. The summed E-state index contributed by atoms with van der Waals surface area (Å²) in [5.74, 6) is -0.532. The van der Waals surface area contributed by atoms with Gasteiger partial charge in [0.05, 0.1) is 11.9 Å². The highest BCUT2D eigenvalue weighted by atomic mass is 32.2. The van der Waals surface area contributed by atoms with Gasteiger partial charge in [-0.15, -0.1) is 4.36 Å². The molecule has 3 aromatic rings. The third-order valence-electron chi connectivity index (χ3n) is 4.50. The van der Waals surface area contributed by atoms with Crippen molar-refractivity contribution in [2.45, 2.75) is 31.8 Å². The molecule has 3 aromatic heterocycles. The molecule has 0 aromatic carbocycles. The number of rotatable bonds is 3. The molecule has 1 aliphatic rings. The van der Waals surface area contributed by atoms with E-state index in [1.54, 1.807) is 19.9 Å². The SMILES string of the molecule is Cc1cc(C)nc(/[SH](=O)=N/C(=O)Nc2c(-c3ccncc3F)cnc3c2CC3)n1. The summed E-state index contributed by atoms with van der Waals surface area (Å²) in [5, 5.41) is 2.65. The lowest BCUT2D eigenvalue weighted by Gasteiger charge is -2.23. The lowest BCUT2D eigenvalue weighted by molar-refractivity contribution is 0.260. The number of hydrogen-bond acceptors (Lipinski definition) is 6. The Morgan fingerprint density at radius 3 is 2.59 bits per heavy atom. The molecule has 3 heterocycles. The van der Waals surface area contributed by atoms with E-state index in [1.165, 1.54) is 18.5 Å². The second-order valence-electron chi connectivity index (χ2n) is 6.58. The van der Waals surface area contributed by atoms with Crippen molar-refractivity contribution < 1.29 is 13.4 Å². The van der Waals surface area contributed by atoms with Crippen molar-refractivity contribution in [3.63, 3.8) is 0 Å². The number of thiol groups is 1. The minimum Gasteiger partial charge on any atom is -0.305 e. The standard InChI is InChI=1S/C19H17FN6O2S/c1-10-7-11(2)24-19(23-10)29(28)26-18(27)25-17-13-3-4-16(13)22-8-14(17)12-5-6-21-9-15(12)20/h5-9,29H,3-4H2,1-2H3,(H,22,25,27). The first kappa shape index (κ1) is 19.1. The molecule has 0 saturated carbocycles. The van der Waals surface area contributed by atoms with Crippen molar-refractivity contribution in [3.05, 3.63) is 59.2 Å². The number of carbonyl (C=O) groups is 1. The zero-order chi connectivity index (χ0) is 20.5.